The van der Waals surface area contributed by atoms with Crippen molar-refractivity contribution in [1.29, 1.82) is 0 Å². The molecule has 0 spiro atoms. The Morgan fingerprint density at radius 1 is 0.941 bits per heavy atom. The number of benzene rings is 1. The van der Waals surface area contributed by atoms with E-state index in [9.17, 15) is 9.59 Å². The molecule has 1 heterocycles. The molecule has 0 aliphatic carbocycles. The maximum Gasteiger partial charge on any atom is 0.270 e. The van der Waals surface area contributed by atoms with Gasteiger partial charge in [0, 0.05) is 18.7 Å². The van der Waals surface area contributed by atoms with Gasteiger partial charge in [-0.2, -0.15) is 0 Å². The minimum absolute atomic E-state index is 0.173. The van der Waals surface area contributed by atoms with Crippen LogP contribution < -0.4 is 11.1 Å². The van der Waals surface area contributed by atoms with Gasteiger partial charge in [-0.1, -0.05) is 17.7 Å². The highest BCUT2D eigenvalue weighted by atomic mass is 16.2. The zero-order valence-corrected chi connectivity index (χ0v) is 9.88. The molecule has 1 aromatic carbocycles. The van der Waals surface area contributed by atoms with Crippen molar-refractivity contribution in [1.82, 2.24) is 9.36 Å². The summed E-state index contributed by atoms with van der Waals surface area (Å²) in [6.45, 7) is 4.28. The molecule has 0 unspecified atom stereocenters. The van der Waals surface area contributed by atoms with Crippen LogP contribution in [0.4, 0.5) is 0 Å². The van der Waals surface area contributed by atoms with Gasteiger partial charge in [0.2, 0.25) is 0 Å². The lowest BCUT2D eigenvalue weighted by molar-refractivity contribution is 0.530. The first-order chi connectivity index (χ1) is 8.13. The van der Waals surface area contributed by atoms with Crippen molar-refractivity contribution in [3.8, 4) is 5.69 Å². The first-order valence-corrected chi connectivity index (χ1v) is 5.53. The van der Waals surface area contributed by atoms with Crippen molar-refractivity contribution in [3.63, 3.8) is 0 Å². The molecule has 0 aliphatic rings. The van der Waals surface area contributed by atoms with Gasteiger partial charge in [-0.15, -0.1) is 0 Å². The molecular weight excluding hydrogens is 216 g/mol. The Balaban J connectivity index is 2.74. The van der Waals surface area contributed by atoms with E-state index in [1.165, 1.54) is 21.5 Å². The van der Waals surface area contributed by atoms with Gasteiger partial charge in [0.1, 0.15) is 0 Å². The predicted molar refractivity (Wildman–Crippen MR) is 66.7 cm³/mol. The van der Waals surface area contributed by atoms with Crippen LogP contribution in [0.3, 0.4) is 0 Å². The summed E-state index contributed by atoms with van der Waals surface area (Å²) in [7, 11) is 0. The van der Waals surface area contributed by atoms with Crippen LogP contribution in [0, 0.1) is 6.92 Å². The van der Waals surface area contributed by atoms with Gasteiger partial charge < -0.3 is 0 Å². The fourth-order valence-electron chi connectivity index (χ4n) is 1.77. The molecule has 0 radical (unpaired) electrons. The molecule has 0 saturated heterocycles. The van der Waals surface area contributed by atoms with E-state index in [4.69, 9.17) is 0 Å². The third kappa shape index (κ3) is 2.06. The Morgan fingerprint density at radius 2 is 1.53 bits per heavy atom. The summed E-state index contributed by atoms with van der Waals surface area (Å²) in [6, 6.07) is 10.1. The van der Waals surface area contributed by atoms with Gasteiger partial charge in [0.05, 0.1) is 5.69 Å². The number of nitrogens with zero attached hydrogens (tertiary/aromatic N) is 2. The second-order valence-corrected chi connectivity index (χ2v) is 3.87. The van der Waals surface area contributed by atoms with Gasteiger partial charge in [-0.3, -0.25) is 9.59 Å². The molecule has 0 bridgehead atoms. The molecule has 0 atom stereocenters. The van der Waals surface area contributed by atoms with E-state index >= 15 is 0 Å². The van der Waals surface area contributed by atoms with Crippen molar-refractivity contribution >= 4 is 0 Å². The van der Waals surface area contributed by atoms with Gasteiger partial charge in [-0.05, 0) is 26.0 Å². The summed E-state index contributed by atoms with van der Waals surface area (Å²) in [5, 5.41) is 0. The fraction of sp³-hybridized carbons (Fsp3) is 0.231. The van der Waals surface area contributed by atoms with Crippen LogP contribution in [-0.2, 0) is 6.54 Å². The normalized spacial score (nSPS) is 10.5. The monoisotopic (exact) mass is 230 g/mol. The molecule has 4 heteroatoms. The quantitative estimate of drug-likeness (QED) is 0.781. The third-order valence-electron chi connectivity index (χ3n) is 2.65. The van der Waals surface area contributed by atoms with E-state index in [1.54, 1.807) is 0 Å². The number of hydrogen-bond donors (Lipinski definition) is 0. The number of hydrogen-bond acceptors (Lipinski definition) is 2. The van der Waals surface area contributed by atoms with E-state index in [0.29, 0.717) is 12.2 Å². The smallest absolute Gasteiger partial charge is 0.268 e. The highest BCUT2D eigenvalue weighted by Gasteiger charge is 2.05. The summed E-state index contributed by atoms with van der Waals surface area (Å²) in [4.78, 5) is 23.5. The Kier molecular flexibility index (Phi) is 2.95. The topological polar surface area (TPSA) is 44.0 Å². The average molecular weight is 230 g/mol. The molecule has 2 aromatic rings. The van der Waals surface area contributed by atoms with Crippen LogP contribution in [0.1, 0.15) is 12.5 Å². The van der Waals surface area contributed by atoms with E-state index in [-0.39, 0.29) is 11.1 Å². The molecule has 2 rings (SSSR count). The lowest BCUT2D eigenvalue weighted by Crippen LogP contribution is -2.35. The van der Waals surface area contributed by atoms with Gasteiger partial charge >= 0.3 is 0 Å². The van der Waals surface area contributed by atoms with Gasteiger partial charge in [0.15, 0.2) is 0 Å². The Bertz CT molecular complexity index is 636. The van der Waals surface area contributed by atoms with Crippen LogP contribution in [0.5, 0.6) is 0 Å². The highest BCUT2D eigenvalue weighted by molar-refractivity contribution is 5.33. The van der Waals surface area contributed by atoms with Crippen molar-refractivity contribution in [3.05, 3.63) is 62.7 Å². The average Bonchev–Trinajstić information content (AvgIpc) is 2.33. The van der Waals surface area contributed by atoms with Crippen LogP contribution in [0.25, 0.3) is 5.69 Å². The molecule has 17 heavy (non-hydrogen) atoms. The SMILES string of the molecule is CCn1c(=O)ccc(=O)n1-c1ccc(C)cc1. The Hall–Kier alpha value is -2.10. The van der Waals surface area contributed by atoms with Crippen LogP contribution in [0.2, 0.25) is 0 Å². The maximum absolute atomic E-state index is 11.8. The predicted octanol–water partition coefficient (Wildman–Crippen LogP) is 1.33. The van der Waals surface area contributed by atoms with Gasteiger partial charge in [-0.25, -0.2) is 9.36 Å². The lowest BCUT2D eigenvalue weighted by Gasteiger charge is -2.13. The molecule has 0 saturated carbocycles. The molecule has 0 aliphatic heterocycles. The number of aromatic nitrogens is 2. The molecule has 0 N–H and O–H groups in total. The standard InChI is InChI=1S/C13H14N2O2/c1-3-14-12(16)8-9-13(17)15(14)11-6-4-10(2)5-7-11/h4-9H,3H2,1-2H3. The summed E-state index contributed by atoms with van der Waals surface area (Å²) in [6.07, 6.45) is 0. The van der Waals surface area contributed by atoms with Crippen LogP contribution >= 0.6 is 0 Å². The molecule has 88 valence electrons. The molecule has 1 aromatic heterocycles. The maximum atomic E-state index is 11.8. The van der Waals surface area contributed by atoms with Crippen molar-refractivity contribution in [2.45, 2.75) is 20.4 Å². The zero-order chi connectivity index (χ0) is 12.4. The van der Waals surface area contributed by atoms with E-state index < -0.39 is 0 Å². The highest BCUT2D eigenvalue weighted by Crippen LogP contribution is 2.05. The number of rotatable bonds is 2. The fourth-order valence-corrected chi connectivity index (χ4v) is 1.77. The van der Waals surface area contributed by atoms with Gasteiger partial charge in [0.25, 0.3) is 11.1 Å². The first-order valence-electron chi connectivity index (χ1n) is 5.53. The van der Waals surface area contributed by atoms with E-state index in [0.717, 1.165) is 5.56 Å². The minimum Gasteiger partial charge on any atom is -0.268 e. The third-order valence-corrected chi connectivity index (χ3v) is 2.65. The summed E-state index contributed by atoms with van der Waals surface area (Å²) in [5.74, 6) is 0. The molecular formula is C13H14N2O2. The van der Waals surface area contributed by atoms with Crippen LogP contribution in [0.15, 0.2) is 46.0 Å². The molecule has 0 amide bonds. The second kappa shape index (κ2) is 4.41. The lowest BCUT2D eigenvalue weighted by atomic mass is 10.2. The van der Waals surface area contributed by atoms with E-state index in [2.05, 4.69) is 0 Å². The minimum atomic E-state index is -0.199. The van der Waals surface area contributed by atoms with E-state index in [1.807, 2.05) is 38.1 Å². The van der Waals surface area contributed by atoms with Crippen LogP contribution in [-0.4, -0.2) is 9.36 Å². The Labute approximate surface area is 98.7 Å². The summed E-state index contributed by atoms with van der Waals surface area (Å²) in [5.41, 5.74) is 1.45. The van der Waals surface area contributed by atoms with Crippen molar-refractivity contribution in [2.75, 3.05) is 0 Å². The van der Waals surface area contributed by atoms with Crippen molar-refractivity contribution in [2.24, 2.45) is 0 Å². The molecule has 4 nitrogen and oxygen atoms in total. The Morgan fingerprint density at radius 3 is 2.12 bits per heavy atom. The first kappa shape index (κ1) is 11.4. The van der Waals surface area contributed by atoms with Crippen molar-refractivity contribution < 1.29 is 0 Å². The summed E-state index contributed by atoms with van der Waals surface area (Å²) >= 11 is 0. The molecule has 0 fully saturated rings. The zero-order valence-electron chi connectivity index (χ0n) is 9.88. The largest absolute Gasteiger partial charge is 0.270 e. The number of aryl methyl sites for hydroxylation is 1. The second-order valence-electron chi connectivity index (χ2n) is 3.87. The summed E-state index contributed by atoms with van der Waals surface area (Å²) < 4.78 is 2.83.